The minimum Gasteiger partial charge on any atom is -0.382 e. The van der Waals surface area contributed by atoms with E-state index in [1.165, 1.54) is 6.07 Å². The Morgan fingerprint density at radius 2 is 2.31 bits per heavy atom. The smallest absolute Gasteiger partial charge is 0.274 e. The number of nitrogen functional groups attached to an aromatic ring is 1. The van der Waals surface area contributed by atoms with Gasteiger partial charge in [-0.2, -0.15) is 5.10 Å². The predicted octanol–water partition coefficient (Wildman–Crippen LogP) is 0.948. The van der Waals surface area contributed by atoms with E-state index in [2.05, 4.69) is 20.5 Å². The first-order valence-corrected chi connectivity index (χ1v) is 4.70. The first-order valence-electron chi connectivity index (χ1n) is 4.70. The number of rotatable bonds is 2. The summed E-state index contributed by atoms with van der Waals surface area (Å²) in [6.07, 6.45) is 1.68. The summed E-state index contributed by atoms with van der Waals surface area (Å²) in [5.74, 6) is 0.450. The van der Waals surface area contributed by atoms with Crippen LogP contribution in [0.2, 0.25) is 0 Å². The van der Waals surface area contributed by atoms with E-state index in [0.717, 1.165) is 5.56 Å². The van der Waals surface area contributed by atoms with Crippen molar-refractivity contribution in [1.82, 2.24) is 15.2 Å². The number of amides is 1. The molecule has 0 aliphatic heterocycles. The van der Waals surface area contributed by atoms with Gasteiger partial charge in [0.1, 0.15) is 17.3 Å². The summed E-state index contributed by atoms with van der Waals surface area (Å²) in [4.78, 5) is 15.7. The van der Waals surface area contributed by atoms with Crippen LogP contribution in [-0.2, 0) is 0 Å². The molecular formula is C10H11N5O. The van der Waals surface area contributed by atoms with Gasteiger partial charge in [0.2, 0.25) is 0 Å². The average molecular weight is 217 g/mol. The standard InChI is InChI=1S/C10H11N5O/c1-6-2-3-9(12-5-6)13-10(16)7-4-8(11)15-14-7/h2-5H,1H3,(H3,11,14,15)(H,12,13,16). The summed E-state index contributed by atoms with van der Waals surface area (Å²) in [6, 6.07) is 5.06. The summed E-state index contributed by atoms with van der Waals surface area (Å²) < 4.78 is 0. The second kappa shape index (κ2) is 4.01. The molecule has 2 heterocycles. The number of nitrogens with one attached hydrogen (secondary N) is 2. The van der Waals surface area contributed by atoms with Gasteiger partial charge in [-0.15, -0.1) is 0 Å². The Labute approximate surface area is 91.9 Å². The fourth-order valence-corrected chi connectivity index (χ4v) is 1.18. The van der Waals surface area contributed by atoms with E-state index in [-0.39, 0.29) is 11.7 Å². The Hall–Kier alpha value is -2.37. The third kappa shape index (κ3) is 2.17. The van der Waals surface area contributed by atoms with Gasteiger partial charge in [-0.05, 0) is 18.6 Å². The van der Waals surface area contributed by atoms with Gasteiger partial charge in [-0.3, -0.25) is 9.89 Å². The monoisotopic (exact) mass is 217 g/mol. The highest BCUT2D eigenvalue weighted by molar-refractivity contribution is 6.02. The van der Waals surface area contributed by atoms with Crippen LogP contribution in [0.4, 0.5) is 11.6 Å². The molecule has 0 atom stereocenters. The third-order valence-electron chi connectivity index (χ3n) is 2.00. The van der Waals surface area contributed by atoms with E-state index < -0.39 is 0 Å². The van der Waals surface area contributed by atoms with Gasteiger partial charge in [0.25, 0.3) is 5.91 Å². The number of aromatic nitrogens is 3. The molecule has 0 spiro atoms. The zero-order chi connectivity index (χ0) is 11.5. The summed E-state index contributed by atoms with van der Waals surface area (Å²) in [5.41, 5.74) is 6.73. The number of hydrogen-bond acceptors (Lipinski definition) is 4. The normalized spacial score (nSPS) is 10.1. The summed E-state index contributed by atoms with van der Waals surface area (Å²) >= 11 is 0. The third-order valence-corrected chi connectivity index (χ3v) is 2.00. The topological polar surface area (TPSA) is 96.7 Å². The van der Waals surface area contributed by atoms with Crippen molar-refractivity contribution >= 4 is 17.5 Å². The molecule has 0 aliphatic rings. The van der Waals surface area contributed by atoms with E-state index in [1.54, 1.807) is 12.3 Å². The number of anilines is 2. The highest BCUT2D eigenvalue weighted by atomic mass is 16.2. The Kier molecular flexibility index (Phi) is 2.55. The molecule has 0 aliphatic carbocycles. The molecule has 0 radical (unpaired) electrons. The minimum atomic E-state index is -0.319. The highest BCUT2D eigenvalue weighted by Crippen LogP contribution is 2.07. The lowest BCUT2D eigenvalue weighted by Gasteiger charge is -2.01. The zero-order valence-electron chi connectivity index (χ0n) is 8.69. The molecule has 1 amide bonds. The predicted molar refractivity (Wildman–Crippen MR) is 59.9 cm³/mol. The Balaban J connectivity index is 2.10. The minimum absolute atomic E-state index is 0.280. The first kappa shape index (κ1) is 10.2. The summed E-state index contributed by atoms with van der Waals surface area (Å²) in [5, 5.41) is 8.81. The molecule has 2 aromatic rings. The number of aryl methyl sites for hydroxylation is 1. The van der Waals surface area contributed by atoms with Gasteiger partial charge in [0.15, 0.2) is 0 Å². The van der Waals surface area contributed by atoms with Crippen molar-refractivity contribution in [2.24, 2.45) is 0 Å². The average Bonchev–Trinajstić information content (AvgIpc) is 2.68. The molecule has 0 bridgehead atoms. The van der Waals surface area contributed by atoms with Crippen molar-refractivity contribution in [1.29, 1.82) is 0 Å². The van der Waals surface area contributed by atoms with Gasteiger partial charge in [-0.25, -0.2) is 4.98 Å². The molecule has 0 aromatic carbocycles. The van der Waals surface area contributed by atoms with Gasteiger partial charge < -0.3 is 11.1 Å². The second-order valence-corrected chi connectivity index (χ2v) is 3.38. The Morgan fingerprint density at radius 1 is 1.50 bits per heavy atom. The zero-order valence-corrected chi connectivity index (χ0v) is 8.69. The van der Waals surface area contributed by atoms with E-state index >= 15 is 0 Å². The van der Waals surface area contributed by atoms with Crippen LogP contribution >= 0.6 is 0 Å². The summed E-state index contributed by atoms with van der Waals surface area (Å²) in [6.45, 7) is 1.92. The van der Waals surface area contributed by atoms with Crippen LogP contribution in [0, 0.1) is 6.92 Å². The van der Waals surface area contributed by atoms with Gasteiger partial charge in [-0.1, -0.05) is 6.07 Å². The highest BCUT2D eigenvalue weighted by Gasteiger charge is 2.09. The van der Waals surface area contributed by atoms with Crippen LogP contribution in [0.1, 0.15) is 16.1 Å². The molecule has 0 fully saturated rings. The lowest BCUT2D eigenvalue weighted by atomic mass is 10.3. The molecule has 6 nitrogen and oxygen atoms in total. The van der Waals surface area contributed by atoms with Crippen molar-refractivity contribution in [3.63, 3.8) is 0 Å². The maximum absolute atomic E-state index is 11.6. The fraction of sp³-hybridized carbons (Fsp3) is 0.100. The maximum atomic E-state index is 11.6. The van der Waals surface area contributed by atoms with Gasteiger partial charge in [0, 0.05) is 12.3 Å². The number of H-pyrrole nitrogens is 1. The van der Waals surface area contributed by atoms with E-state index in [4.69, 9.17) is 5.73 Å². The van der Waals surface area contributed by atoms with Crippen LogP contribution in [-0.4, -0.2) is 21.1 Å². The molecular weight excluding hydrogens is 206 g/mol. The molecule has 2 rings (SSSR count). The molecule has 0 unspecified atom stereocenters. The van der Waals surface area contributed by atoms with Crippen LogP contribution in [0.5, 0.6) is 0 Å². The molecule has 16 heavy (non-hydrogen) atoms. The summed E-state index contributed by atoms with van der Waals surface area (Å²) in [7, 11) is 0. The molecule has 2 aromatic heterocycles. The lowest BCUT2D eigenvalue weighted by Crippen LogP contribution is -2.13. The molecule has 4 N–H and O–H groups in total. The molecule has 6 heteroatoms. The van der Waals surface area contributed by atoms with E-state index in [0.29, 0.717) is 11.5 Å². The van der Waals surface area contributed by atoms with Crippen LogP contribution in [0.3, 0.4) is 0 Å². The largest absolute Gasteiger partial charge is 0.382 e. The number of aromatic amines is 1. The van der Waals surface area contributed by atoms with Gasteiger partial charge in [0.05, 0.1) is 0 Å². The van der Waals surface area contributed by atoms with Crippen LogP contribution in [0.25, 0.3) is 0 Å². The number of carbonyl (C=O) groups excluding carboxylic acids is 1. The van der Waals surface area contributed by atoms with Gasteiger partial charge >= 0.3 is 0 Å². The number of hydrogen-bond donors (Lipinski definition) is 3. The SMILES string of the molecule is Cc1ccc(NC(=O)c2cc(N)n[nH]2)nc1. The van der Waals surface area contributed by atoms with E-state index in [9.17, 15) is 4.79 Å². The molecule has 0 saturated heterocycles. The van der Waals surface area contributed by atoms with E-state index in [1.807, 2.05) is 13.0 Å². The first-order chi connectivity index (χ1) is 7.65. The quantitative estimate of drug-likeness (QED) is 0.697. The number of pyridine rings is 1. The number of carbonyl (C=O) groups is 1. The second-order valence-electron chi connectivity index (χ2n) is 3.38. The van der Waals surface area contributed by atoms with Crippen LogP contribution in [0.15, 0.2) is 24.4 Å². The Morgan fingerprint density at radius 3 is 2.88 bits per heavy atom. The van der Waals surface area contributed by atoms with Crippen molar-refractivity contribution in [3.05, 3.63) is 35.7 Å². The number of nitrogens with two attached hydrogens (primary N) is 1. The lowest BCUT2D eigenvalue weighted by molar-refractivity contribution is 0.102. The molecule has 82 valence electrons. The van der Waals surface area contributed by atoms with Crippen molar-refractivity contribution in [2.75, 3.05) is 11.1 Å². The van der Waals surface area contributed by atoms with Crippen molar-refractivity contribution in [2.45, 2.75) is 6.92 Å². The number of nitrogens with zero attached hydrogens (tertiary/aromatic N) is 2. The fourth-order valence-electron chi connectivity index (χ4n) is 1.18. The van der Waals surface area contributed by atoms with Crippen molar-refractivity contribution < 1.29 is 4.79 Å². The van der Waals surface area contributed by atoms with Crippen LogP contribution < -0.4 is 11.1 Å². The van der Waals surface area contributed by atoms with Crippen molar-refractivity contribution in [3.8, 4) is 0 Å². The molecule has 0 saturated carbocycles. The Bertz CT molecular complexity index is 502. The maximum Gasteiger partial charge on any atom is 0.274 e.